The molecule has 1 aromatic rings. The van der Waals surface area contributed by atoms with Crippen molar-refractivity contribution < 1.29 is 9.47 Å². The first kappa shape index (κ1) is 15.2. The van der Waals surface area contributed by atoms with E-state index in [4.69, 9.17) is 9.47 Å². The van der Waals surface area contributed by atoms with Crippen LogP contribution in [0.5, 0.6) is 11.5 Å². The van der Waals surface area contributed by atoms with Gasteiger partial charge in [-0.05, 0) is 31.0 Å². The van der Waals surface area contributed by atoms with Gasteiger partial charge < -0.3 is 14.8 Å². The molecule has 2 atom stereocenters. The number of benzene rings is 1. The largest absolute Gasteiger partial charge is 0.497 e. The Balaban J connectivity index is 2.30. The van der Waals surface area contributed by atoms with E-state index in [0.29, 0.717) is 12.0 Å². The fraction of sp³-hybridized carbons (Fsp3) is 0.647. The predicted octanol–water partition coefficient (Wildman–Crippen LogP) is 3.73. The first-order valence-electron chi connectivity index (χ1n) is 7.75. The van der Waals surface area contributed by atoms with E-state index >= 15 is 0 Å². The molecule has 1 N–H and O–H groups in total. The molecule has 1 aliphatic rings. The Kier molecular flexibility index (Phi) is 5.72. The normalized spacial score (nSPS) is 23.1. The van der Waals surface area contributed by atoms with Crippen molar-refractivity contribution in [2.24, 2.45) is 0 Å². The molecule has 112 valence electrons. The standard InChI is InChI=1S/C17H27NO2/c1-4-18-16-9-7-5-6-8-14(16)15-11-10-13(19-2)12-17(15)20-3/h10-12,14,16,18H,4-9H2,1-3H3. The Labute approximate surface area is 122 Å². The number of methoxy groups -OCH3 is 2. The number of hydrogen-bond acceptors (Lipinski definition) is 3. The lowest BCUT2D eigenvalue weighted by molar-refractivity contribution is 0.371. The van der Waals surface area contributed by atoms with Crippen LogP contribution < -0.4 is 14.8 Å². The molecule has 0 radical (unpaired) electrons. The van der Waals surface area contributed by atoms with Crippen LogP contribution in [0.3, 0.4) is 0 Å². The van der Waals surface area contributed by atoms with Crippen LogP contribution in [0.4, 0.5) is 0 Å². The van der Waals surface area contributed by atoms with Gasteiger partial charge in [-0.25, -0.2) is 0 Å². The summed E-state index contributed by atoms with van der Waals surface area (Å²) in [5, 5.41) is 3.67. The third kappa shape index (κ3) is 3.45. The van der Waals surface area contributed by atoms with Gasteiger partial charge in [0.05, 0.1) is 14.2 Å². The minimum absolute atomic E-state index is 0.540. The summed E-state index contributed by atoms with van der Waals surface area (Å²) in [6.07, 6.45) is 6.47. The zero-order chi connectivity index (χ0) is 14.4. The van der Waals surface area contributed by atoms with Crippen LogP contribution >= 0.6 is 0 Å². The van der Waals surface area contributed by atoms with E-state index in [9.17, 15) is 0 Å². The van der Waals surface area contributed by atoms with Crippen LogP contribution in [0.2, 0.25) is 0 Å². The number of likely N-dealkylation sites (N-methyl/N-ethyl adjacent to an activating group) is 1. The van der Waals surface area contributed by atoms with Gasteiger partial charge in [-0.2, -0.15) is 0 Å². The molecule has 2 unspecified atom stereocenters. The highest BCUT2D eigenvalue weighted by molar-refractivity contribution is 5.43. The Morgan fingerprint density at radius 2 is 1.90 bits per heavy atom. The molecule has 0 bridgehead atoms. The van der Waals surface area contributed by atoms with E-state index in [1.54, 1.807) is 14.2 Å². The number of ether oxygens (including phenoxy) is 2. The highest BCUT2D eigenvalue weighted by Gasteiger charge is 2.26. The summed E-state index contributed by atoms with van der Waals surface area (Å²) in [5.74, 6) is 2.36. The second-order valence-electron chi connectivity index (χ2n) is 5.52. The average Bonchev–Trinajstić information content (AvgIpc) is 2.72. The lowest BCUT2D eigenvalue weighted by atomic mass is 9.87. The summed E-state index contributed by atoms with van der Waals surface area (Å²) in [6.45, 7) is 3.22. The van der Waals surface area contributed by atoms with Gasteiger partial charge in [0.1, 0.15) is 11.5 Å². The third-order valence-corrected chi connectivity index (χ3v) is 4.32. The molecule has 20 heavy (non-hydrogen) atoms. The number of hydrogen-bond donors (Lipinski definition) is 1. The molecule has 1 saturated carbocycles. The van der Waals surface area contributed by atoms with Gasteiger partial charge >= 0.3 is 0 Å². The average molecular weight is 277 g/mol. The molecule has 0 heterocycles. The van der Waals surface area contributed by atoms with Crippen molar-refractivity contribution in [3.63, 3.8) is 0 Å². The van der Waals surface area contributed by atoms with Crippen LogP contribution in [0.25, 0.3) is 0 Å². The first-order chi connectivity index (χ1) is 9.80. The molecular formula is C17H27NO2. The van der Waals surface area contributed by atoms with Gasteiger partial charge in [-0.15, -0.1) is 0 Å². The molecule has 0 saturated heterocycles. The monoisotopic (exact) mass is 277 g/mol. The van der Waals surface area contributed by atoms with Crippen LogP contribution in [0.15, 0.2) is 18.2 Å². The molecule has 1 fully saturated rings. The molecule has 0 aromatic heterocycles. The zero-order valence-electron chi connectivity index (χ0n) is 12.9. The van der Waals surface area contributed by atoms with E-state index < -0.39 is 0 Å². The molecule has 0 spiro atoms. The first-order valence-corrected chi connectivity index (χ1v) is 7.75. The summed E-state index contributed by atoms with van der Waals surface area (Å²) < 4.78 is 10.9. The maximum atomic E-state index is 5.60. The van der Waals surface area contributed by atoms with Crippen molar-refractivity contribution in [1.29, 1.82) is 0 Å². The summed E-state index contributed by atoms with van der Waals surface area (Å²) in [6, 6.07) is 6.79. The fourth-order valence-corrected chi connectivity index (χ4v) is 3.31. The van der Waals surface area contributed by atoms with Crippen molar-refractivity contribution in [3.05, 3.63) is 23.8 Å². The molecule has 3 heteroatoms. The highest BCUT2D eigenvalue weighted by Crippen LogP contribution is 2.38. The molecular weight excluding hydrogens is 250 g/mol. The van der Waals surface area contributed by atoms with Crippen molar-refractivity contribution in [1.82, 2.24) is 5.32 Å². The Morgan fingerprint density at radius 1 is 1.10 bits per heavy atom. The predicted molar refractivity (Wildman–Crippen MR) is 82.8 cm³/mol. The smallest absolute Gasteiger partial charge is 0.126 e. The van der Waals surface area contributed by atoms with E-state index in [-0.39, 0.29) is 0 Å². The Hall–Kier alpha value is -1.22. The van der Waals surface area contributed by atoms with Crippen molar-refractivity contribution in [2.45, 2.75) is 51.0 Å². The summed E-state index contributed by atoms with van der Waals surface area (Å²) in [4.78, 5) is 0. The van der Waals surface area contributed by atoms with Gasteiger partial charge in [0.25, 0.3) is 0 Å². The minimum Gasteiger partial charge on any atom is -0.497 e. The van der Waals surface area contributed by atoms with Gasteiger partial charge in [-0.1, -0.05) is 32.3 Å². The van der Waals surface area contributed by atoms with Gasteiger partial charge in [0.2, 0.25) is 0 Å². The maximum absolute atomic E-state index is 5.60. The number of rotatable bonds is 5. The second kappa shape index (κ2) is 7.53. The summed E-state index contributed by atoms with van der Waals surface area (Å²) in [5.41, 5.74) is 1.32. The summed E-state index contributed by atoms with van der Waals surface area (Å²) >= 11 is 0. The molecule has 1 aromatic carbocycles. The Bertz CT molecular complexity index is 419. The Morgan fingerprint density at radius 3 is 2.60 bits per heavy atom. The second-order valence-corrected chi connectivity index (χ2v) is 5.52. The topological polar surface area (TPSA) is 30.5 Å². The van der Waals surface area contributed by atoms with E-state index in [1.807, 2.05) is 12.1 Å². The fourth-order valence-electron chi connectivity index (χ4n) is 3.31. The quantitative estimate of drug-likeness (QED) is 0.832. The third-order valence-electron chi connectivity index (χ3n) is 4.32. The van der Waals surface area contributed by atoms with Gasteiger partial charge in [0, 0.05) is 18.0 Å². The summed E-state index contributed by atoms with van der Waals surface area (Å²) in [7, 11) is 3.44. The van der Waals surface area contributed by atoms with Crippen LogP contribution in [0, 0.1) is 0 Å². The van der Waals surface area contributed by atoms with Crippen LogP contribution in [-0.4, -0.2) is 26.8 Å². The van der Waals surface area contributed by atoms with E-state index in [2.05, 4.69) is 18.3 Å². The van der Waals surface area contributed by atoms with E-state index in [0.717, 1.165) is 18.0 Å². The van der Waals surface area contributed by atoms with Crippen molar-refractivity contribution in [3.8, 4) is 11.5 Å². The van der Waals surface area contributed by atoms with Gasteiger partial charge in [0.15, 0.2) is 0 Å². The lowest BCUT2D eigenvalue weighted by Gasteiger charge is -2.27. The van der Waals surface area contributed by atoms with Crippen molar-refractivity contribution in [2.75, 3.05) is 20.8 Å². The highest BCUT2D eigenvalue weighted by atomic mass is 16.5. The molecule has 0 aliphatic heterocycles. The molecule has 2 rings (SSSR count). The molecule has 3 nitrogen and oxygen atoms in total. The maximum Gasteiger partial charge on any atom is 0.126 e. The number of nitrogens with one attached hydrogen (secondary N) is 1. The minimum atomic E-state index is 0.540. The van der Waals surface area contributed by atoms with E-state index in [1.165, 1.54) is 37.7 Å². The van der Waals surface area contributed by atoms with Gasteiger partial charge in [-0.3, -0.25) is 0 Å². The van der Waals surface area contributed by atoms with Crippen LogP contribution in [-0.2, 0) is 0 Å². The lowest BCUT2D eigenvalue weighted by Crippen LogP contribution is -2.34. The van der Waals surface area contributed by atoms with Crippen molar-refractivity contribution >= 4 is 0 Å². The SMILES string of the molecule is CCNC1CCCCCC1c1ccc(OC)cc1OC. The molecule has 0 amide bonds. The molecule has 1 aliphatic carbocycles. The zero-order valence-corrected chi connectivity index (χ0v) is 12.9. The van der Waals surface area contributed by atoms with Crippen LogP contribution in [0.1, 0.15) is 50.5 Å².